The Labute approximate surface area is 244 Å². The predicted octanol–water partition coefficient (Wildman–Crippen LogP) is 5.32. The van der Waals surface area contributed by atoms with Gasteiger partial charge < -0.3 is 25.2 Å². The number of hydrogen-bond acceptors (Lipinski definition) is 6. The van der Waals surface area contributed by atoms with Crippen molar-refractivity contribution < 1.29 is 23.5 Å². The summed E-state index contributed by atoms with van der Waals surface area (Å²) in [5.74, 6) is -0.831. The first-order valence-electron chi connectivity index (χ1n) is 14.1. The van der Waals surface area contributed by atoms with Crippen LogP contribution >= 0.6 is 0 Å². The Morgan fingerprint density at radius 2 is 1.67 bits per heavy atom. The van der Waals surface area contributed by atoms with E-state index in [1.807, 2.05) is 6.07 Å². The van der Waals surface area contributed by atoms with Crippen LogP contribution in [0, 0.1) is 11.2 Å². The summed E-state index contributed by atoms with van der Waals surface area (Å²) in [5, 5.41) is 8.11. The summed E-state index contributed by atoms with van der Waals surface area (Å²) in [5.41, 5.74) is -0.689. The van der Waals surface area contributed by atoms with Crippen LogP contribution in [0.5, 0.6) is 11.5 Å². The smallest absolute Gasteiger partial charge is 0.323 e. The highest BCUT2D eigenvalue weighted by molar-refractivity contribution is 6.16. The molecule has 1 aromatic heterocycles. The quantitative estimate of drug-likeness (QED) is 0.298. The number of anilines is 3. The Bertz CT molecular complexity index is 1440. The number of pyridine rings is 1. The van der Waals surface area contributed by atoms with Gasteiger partial charge in [-0.05, 0) is 62.6 Å². The highest BCUT2D eigenvalue weighted by Crippen LogP contribution is 2.47. The molecule has 3 aromatic rings. The first-order valence-corrected chi connectivity index (χ1v) is 14.1. The Morgan fingerprint density at radius 1 is 0.976 bits per heavy atom. The van der Waals surface area contributed by atoms with Crippen molar-refractivity contribution in [1.29, 1.82) is 0 Å². The van der Waals surface area contributed by atoms with E-state index in [-0.39, 0.29) is 23.5 Å². The molecule has 0 radical (unpaired) electrons. The Kier molecular flexibility index (Phi) is 8.67. The van der Waals surface area contributed by atoms with Gasteiger partial charge in [-0.2, -0.15) is 0 Å². The number of ether oxygens (including phenoxy) is 1. The number of nitrogens with one attached hydrogen (secondary N) is 3. The number of piperidine rings is 1. The largest absolute Gasteiger partial charge is 0.457 e. The maximum atomic E-state index is 15.0. The van der Waals surface area contributed by atoms with E-state index in [0.29, 0.717) is 30.1 Å². The molecule has 1 saturated heterocycles. The van der Waals surface area contributed by atoms with Crippen LogP contribution in [0.4, 0.5) is 26.4 Å². The second-order valence-corrected chi connectivity index (χ2v) is 10.7. The van der Waals surface area contributed by atoms with Gasteiger partial charge in [0.2, 0.25) is 11.8 Å². The van der Waals surface area contributed by atoms with E-state index in [1.165, 1.54) is 18.3 Å². The molecule has 2 aromatic carbocycles. The highest BCUT2D eigenvalue weighted by atomic mass is 19.1. The molecule has 0 bridgehead atoms. The second-order valence-electron chi connectivity index (χ2n) is 10.7. The standard InChI is InChI=1S/C31H35FN6O4/c1-3-38-17-12-22(13-18-38)37(2)30(41)36-27-20-24(11-16-33-27)42-23-9-10-26(25(32)19-23)35-29(40)31(14-15-31)28(39)34-21-7-5-4-6-8-21/h4-11,16,19-20,22H,3,12-15,17-18H2,1-2H3,(H,34,39)(H,35,40)(H,33,36,41). The van der Waals surface area contributed by atoms with Gasteiger partial charge in [0.25, 0.3) is 0 Å². The van der Waals surface area contributed by atoms with Crippen LogP contribution in [-0.4, -0.2) is 65.4 Å². The van der Waals surface area contributed by atoms with Crippen molar-refractivity contribution in [2.24, 2.45) is 5.41 Å². The number of carbonyl (C=O) groups is 3. The number of aromatic nitrogens is 1. The lowest BCUT2D eigenvalue weighted by molar-refractivity contribution is -0.131. The molecule has 2 aliphatic rings. The number of urea groups is 1. The number of rotatable bonds is 9. The average molecular weight is 575 g/mol. The average Bonchev–Trinajstić information content (AvgIpc) is 3.81. The van der Waals surface area contributed by atoms with Crippen molar-refractivity contribution in [3.8, 4) is 11.5 Å². The van der Waals surface area contributed by atoms with Gasteiger partial charge >= 0.3 is 6.03 Å². The summed E-state index contributed by atoms with van der Waals surface area (Å²) in [4.78, 5) is 46.8. The topological polar surface area (TPSA) is 116 Å². The van der Waals surface area contributed by atoms with Gasteiger partial charge in [0.15, 0.2) is 0 Å². The minimum atomic E-state index is -1.23. The van der Waals surface area contributed by atoms with Crippen LogP contribution in [0.25, 0.3) is 0 Å². The monoisotopic (exact) mass is 574 g/mol. The maximum absolute atomic E-state index is 15.0. The molecule has 0 spiro atoms. The normalized spacial score (nSPS) is 16.3. The fourth-order valence-electron chi connectivity index (χ4n) is 5.02. The summed E-state index contributed by atoms with van der Waals surface area (Å²) in [6.45, 7) is 5.07. The van der Waals surface area contributed by atoms with E-state index in [2.05, 4.69) is 32.8 Å². The zero-order chi connectivity index (χ0) is 29.7. The van der Waals surface area contributed by atoms with Gasteiger partial charge in [0.1, 0.15) is 28.5 Å². The summed E-state index contributed by atoms with van der Waals surface area (Å²) in [7, 11) is 1.78. The lowest BCUT2D eigenvalue weighted by atomic mass is 10.0. The zero-order valence-electron chi connectivity index (χ0n) is 23.7. The number of halogens is 1. The molecule has 220 valence electrons. The number of benzene rings is 2. The van der Waals surface area contributed by atoms with Gasteiger partial charge in [0, 0.05) is 50.2 Å². The minimum Gasteiger partial charge on any atom is -0.457 e. The number of nitrogens with zero attached hydrogens (tertiary/aromatic N) is 3. The highest BCUT2D eigenvalue weighted by Gasteiger charge is 2.56. The fraction of sp³-hybridized carbons (Fsp3) is 0.355. The van der Waals surface area contributed by atoms with Crippen LogP contribution in [0.2, 0.25) is 0 Å². The molecular formula is C31H35FN6O4. The molecule has 2 heterocycles. The Hall–Kier alpha value is -4.51. The molecule has 11 heteroatoms. The van der Waals surface area contributed by atoms with Crippen molar-refractivity contribution >= 4 is 35.0 Å². The van der Waals surface area contributed by atoms with Crippen molar-refractivity contribution in [1.82, 2.24) is 14.8 Å². The van der Waals surface area contributed by atoms with Crippen LogP contribution in [0.1, 0.15) is 32.6 Å². The number of hydrogen-bond donors (Lipinski definition) is 3. The first kappa shape index (κ1) is 29.0. The third-order valence-corrected chi connectivity index (χ3v) is 7.91. The summed E-state index contributed by atoms with van der Waals surface area (Å²) in [6.07, 6.45) is 4.09. The molecule has 0 unspecified atom stereocenters. The molecule has 5 rings (SSSR count). The van der Waals surface area contributed by atoms with Crippen molar-refractivity contribution in [3.63, 3.8) is 0 Å². The van der Waals surface area contributed by atoms with Gasteiger partial charge in [-0.25, -0.2) is 14.2 Å². The number of likely N-dealkylation sites (tertiary alicyclic amines) is 1. The van der Waals surface area contributed by atoms with Crippen molar-refractivity contribution in [2.45, 2.75) is 38.6 Å². The van der Waals surface area contributed by atoms with Crippen LogP contribution in [0.15, 0.2) is 66.9 Å². The second kappa shape index (κ2) is 12.6. The van der Waals surface area contributed by atoms with E-state index in [0.717, 1.165) is 38.5 Å². The van der Waals surface area contributed by atoms with Crippen molar-refractivity contribution in [2.75, 3.05) is 42.6 Å². The number of para-hydroxylation sites is 1. The molecular weight excluding hydrogens is 539 g/mol. The maximum Gasteiger partial charge on any atom is 0.323 e. The van der Waals surface area contributed by atoms with Gasteiger partial charge in [-0.3, -0.25) is 14.9 Å². The Balaban J connectivity index is 1.17. The van der Waals surface area contributed by atoms with Gasteiger partial charge in [0.05, 0.1) is 5.69 Å². The fourth-order valence-corrected chi connectivity index (χ4v) is 5.02. The SMILES string of the molecule is CCN1CCC(N(C)C(=O)Nc2cc(Oc3ccc(NC(=O)C4(C(=O)Nc5ccccc5)CC4)c(F)c3)ccn2)CC1. The molecule has 2 fully saturated rings. The van der Waals surface area contributed by atoms with E-state index in [1.54, 1.807) is 48.3 Å². The number of amides is 4. The summed E-state index contributed by atoms with van der Waals surface area (Å²) in [6, 6.07) is 16.0. The van der Waals surface area contributed by atoms with Gasteiger partial charge in [-0.1, -0.05) is 25.1 Å². The lowest BCUT2D eigenvalue weighted by Gasteiger charge is -2.36. The third kappa shape index (κ3) is 6.68. The zero-order valence-corrected chi connectivity index (χ0v) is 23.7. The van der Waals surface area contributed by atoms with Crippen LogP contribution in [-0.2, 0) is 9.59 Å². The number of carbonyl (C=O) groups excluding carboxylic acids is 3. The molecule has 10 nitrogen and oxygen atoms in total. The van der Waals surface area contributed by atoms with Crippen LogP contribution < -0.4 is 20.7 Å². The first-order chi connectivity index (χ1) is 20.3. The molecule has 4 amide bonds. The van der Waals surface area contributed by atoms with Crippen molar-refractivity contribution in [3.05, 3.63) is 72.7 Å². The lowest BCUT2D eigenvalue weighted by Crippen LogP contribution is -2.46. The minimum absolute atomic E-state index is 0.0541. The molecule has 1 saturated carbocycles. The molecule has 42 heavy (non-hydrogen) atoms. The summed E-state index contributed by atoms with van der Waals surface area (Å²) < 4.78 is 20.8. The molecule has 0 atom stereocenters. The summed E-state index contributed by atoms with van der Waals surface area (Å²) >= 11 is 0. The van der Waals surface area contributed by atoms with Crippen LogP contribution in [0.3, 0.4) is 0 Å². The molecule has 3 N–H and O–H groups in total. The Morgan fingerprint density at radius 3 is 2.33 bits per heavy atom. The third-order valence-electron chi connectivity index (χ3n) is 7.91. The van der Waals surface area contributed by atoms with E-state index in [4.69, 9.17) is 4.74 Å². The molecule has 1 aliphatic carbocycles. The predicted molar refractivity (Wildman–Crippen MR) is 158 cm³/mol. The molecule has 1 aliphatic heterocycles. The van der Waals surface area contributed by atoms with Gasteiger partial charge in [-0.15, -0.1) is 0 Å². The van der Waals surface area contributed by atoms with E-state index in [9.17, 15) is 18.8 Å². The van der Waals surface area contributed by atoms with E-state index >= 15 is 0 Å². The van der Waals surface area contributed by atoms with E-state index < -0.39 is 23.0 Å².